The van der Waals surface area contributed by atoms with Gasteiger partial charge in [0.05, 0.1) is 11.0 Å². The second-order valence-electron chi connectivity index (χ2n) is 4.87. The third kappa shape index (κ3) is 2.42. The SMILES string of the molecule is Cc1ccc2[nH]c(=S)n(CC(C)N(C)C)c2c1. The number of hydrogen-bond acceptors (Lipinski definition) is 2. The predicted molar refractivity (Wildman–Crippen MR) is 75.0 cm³/mol. The fraction of sp³-hybridized carbons (Fsp3) is 0.462. The van der Waals surface area contributed by atoms with E-state index in [-0.39, 0.29) is 0 Å². The van der Waals surface area contributed by atoms with Crippen molar-refractivity contribution in [1.29, 1.82) is 0 Å². The Bertz CT molecular complexity index is 580. The van der Waals surface area contributed by atoms with E-state index >= 15 is 0 Å². The quantitative estimate of drug-likeness (QED) is 0.846. The second kappa shape index (κ2) is 4.63. The normalized spacial score (nSPS) is 13.5. The summed E-state index contributed by atoms with van der Waals surface area (Å²) in [4.78, 5) is 5.46. The van der Waals surface area contributed by atoms with Gasteiger partial charge in [0, 0.05) is 12.6 Å². The van der Waals surface area contributed by atoms with Crippen LogP contribution in [0, 0.1) is 11.7 Å². The zero-order chi connectivity index (χ0) is 12.6. The van der Waals surface area contributed by atoms with Crippen molar-refractivity contribution < 1.29 is 0 Å². The van der Waals surface area contributed by atoms with E-state index in [1.54, 1.807) is 0 Å². The van der Waals surface area contributed by atoms with Crippen molar-refractivity contribution in [3.8, 4) is 0 Å². The first kappa shape index (κ1) is 12.3. The maximum absolute atomic E-state index is 5.39. The predicted octanol–water partition coefficient (Wildman–Crippen LogP) is 2.96. The highest BCUT2D eigenvalue weighted by Gasteiger charge is 2.10. The number of nitrogens with one attached hydrogen (secondary N) is 1. The zero-order valence-corrected chi connectivity index (χ0v) is 11.6. The molecule has 0 amide bonds. The molecule has 1 aromatic heterocycles. The third-order valence-corrected chi connectivity index (χ3v) is 3.58. The van der Waals surface area contributed by atoms with Crippen molar-refractivity contribution in [3.05, 3.63) is 28.5 Å². The highest BCUT2D eigenvalue weighted by molar-refractivity contribution is 7.71. The molecule has 0 fully saturated rings. The fourth-order valence-corrected chi connectivity index (χ4v) is 2.15. The van der Waals surface area contributed by atoms with E-state index in [1.807, 2.05) is 0 Å². The van der Waals surface area contributed by atoms with Gasteiger partial charge < -0.3 is 14.5 Å². The van der Waals surface area contributed by atoms with E-state index < -0.39 is 0 Å². The molecule has 1 atom stereocenters. The van der Waals surface area contributed by atoms with Crippen molar-refractivity contribution in [2.45, 2.75) is 26.4 Å². The van der Waals surface area contributed by atoms with Crippen molar-refractivity contribution >= 4 is 23.3 Å². The monoisotopic (exact) mass is 249 g/mol. The Morgan fingerprint density at radius 1 is 1.41 bits per heavy atom. The van der Waals surface area contributed by atoms with Crippen LogP contribution in [0.15, 0.2) is 18.2 Å². The molecule has 92 valence electrons. The summed E-state index contributed by atoms with van der Waals surface area (Å²) >= 11 is 5.39. The molecule has 0 aliphatic rings. The third-order valence-electron chi connectivity index (χ3n) is 3.26. The highest BCUT2D eigenvalue weighted by atomic mass is 32.1. The number of nitrogens with zero attached hydrogens (tertiary/aromatic N) is 2. The van der Waals surface area contributed by atoms with Gasteiger partial charge in [-0.15, -0.1) is 0 Å². The Hall–Kier alpha value is -1.13. The molecule has 4 heteroatoms. The molecule has 2 aromatic rings. The van der Waals surface area contributed by atoms with Gasteiger partial charge in [-0.1, -0.05) is 6.07 Å². The number of aromatic amines is 1. The van der Waals surface area contributed by atoms with Gasteiger partial charge in [-0.3, -0.25) is 0 Å². The van der Waals surface area contributed by atoms with E-state index in [1.165, 1.54) is 11.1 Å². The first-order valence-corrected chi connectivity index (χ1v) is 6.25. The van der Waals surface area contributed by atoms with E-state index in [2.05, 4.69) is 60.6 Å². The molecule has 0 spiro atoms. The molecule has 0 radical (unpaired) electrons. The lowest BCUT2D eigenvalue weighted by Crippen LogP contribution is -2.29. The van der Waals surface area contributed by atoms with Crippen LogP contribution in [-0.4, -0.2) is 34.6 Å². The Morgan fingerprint density at radius 2 is 2.12 bits per heavy atom. The highest BCUT2D eigenvalue weighted by Crippen LogP contribution is 2.16. The van der Waals surface area contributed by atoms with Crippen LogP contribution in [0.5, 0.6) is 0 Å². The molecular formula is C13H19N3S. The van der Waals surface area contributed by atoms with Crippen LogP contribution in [0.4, 0.5) is 0 Å². The molecule has 0 saturated heterocycles. The summed E-state index contributed by atoms with van der Waals surface area (Å²) in [6, 6.07) is 6.84. The Balaban J connectivity index is 2.49. The number of benzene rings is 1. The summed E-state index contributed by atoms with van der Waals surface area (Å²) < 4.78 is 2.99. The van der Waals surface area contributed by atoms with Gasteiger partial charge in [0.25, 0.3) is 0 Å². The number of imidazole rings is 1. The van der Waals surface area contributed by atoms with Crippen molar-refractivity contribution in [1.82, 2.24) is 14.5 Å². The maximum Gasteiger partial charge on any atom is 0.178 e. The van der Waals surface area contributed by atoms with Crippen LogP contribution in [0.25, 0.3) is 11.0 Å². The largest absolute Gasteiger partial charge is 0.331 e. The lowest BCUT2D eigenvalue weighted by atomic mass is 10.2. The van der Waals surface area contributed by atoms with Crippen LogP contribution >= 0.6 is 12.2 Å². The minimum Gasteiger partial charge on any atom is -0.331 e. The summed E-state index contributed by atoms with van der Waals surface area (Å²) in [7, 11) is 4.18. The number of hydrogen-bond donors (Lipinski definition) is 1. The van der Waals surface area contributed by atoms with Crippen molar-refractivity contribution in [2.24, 2.45) is 0 Å². The molecule has 2 rings (SSSR count). The van der Waals surface area contributed by atoms with Crippen LogP contribution < -0.4 is 0 Å². The summed E-state index contributed by atoms with van der Waals surface area (Å²) in [5, 5.41) is 0. The van der Waals surface area contributed by atoms with Crippen LogP contribution in [-0.2, 0) is 6.54 Å². The van der Waals surface area contributed by atoms with Crippen LogP contribution in [0.3, 0.4) is 0 Å². The Kier molecular flexibility index (Phi) is 3.35. The molecule has 1 N–H and O–H groups in total. The Morgan fingerprint density at radius 3 is 2.76 bits per heavy atom. The number of fused-ring (bicyclic) bond motifs is 1. The lowest BCUT2D eigenvalue weighted by molar-refractivity contribution is 0.285. The smallest absolute Gasteiger partial charge is 0.178 e. The number of H-pyrrole nitrogens is 1. The first-order chi connectivity index (χ1) is 7.99. The second-order valence-corrected chi connectivity index (χ2v) is 5.26. The molecule has 1 aromatic carbocycles. The average Bonchev–Trinajstić information content (AvgIpc) is 2.55. The zero-order valence-electron chi connectivity index (χ0n) is 10.8. The van der Waals surface area contributed by atoms with Crippen LogP contribution in [0.2, 0.25) is 0 Å². The van der Waals surface area contributed by atoms with Gasteiger partial charge in [0.1, 0.15) is 0 Å². The molecule has 0 aliphatic carbocycles. The fourth-order valence-electron chi connectivity index (χ4n) is 1.87. The van der Waals surface area contributed by atoms with Crippen molar-refractivity contribution in [3.63, 3.8) is 0 Å². The standard InChI is InChI=1S/C13H19N3S/c1-9-5-6-11-12(7-9)16(13(17)14-11)8-10(2)15(3)4/h5-7,10H,8H2,1-4H3,(H,14,17). The van der Waals surface area contributed by atoms with E-state index in [9.17, 15) is 0 Å². The van der Waals surface area contributed by atoms with Gasteiger partial charge in [-0.2, -0.15) is 0 Å². The lowest BCUT2D eigenvalue weighted by Gasteiger charge is -2.20. The Labute approximate surface area is 107 Å². The molecule has 3 nitrogen and oxygen atoms in total. The minimum absolute atomic E-state index is 0.459. The molecule has 0 bridgehead atoms. The van der Waals surface area contributed by atoms with Gasteiger partial charge in [0.2, 0.25) is 0 Å². The minimum atomic E-state index is 0.459. The van der Waals surface area contributed by atoms with Gasteiger partial charge in [-0.05, 0) is 57.9 Å². The summed E-state index contributed by atoms with van der Waals surface area (Å²) in [6.45, 7) is 5.22. The van der Waals surface area contributed by atoms with E-state index in [0.29, 0.717) is 6.04 Å². The molecule has 17 heavy (non-hydrogen) atoms. The number of rotatable bonds is 3. The molecule has 0 saturated carbocycles. The molecule has 0 aliphatic heterocycles. The summed E-state index contributed by atoms with van der Waals surface area (Å²) in [5.74, 6) is 0. The maximum atomic E-state index is 5.39. The van der Waals surface area contributed by atoms with Crippen molar-refractivity contribution in [2.75, 3.05) is 14.1 Å². The summed E-state index contributed by atoms with van der Waals surface area (Å²) in [6.07, 6.45) is 0. The average molecular weight is 249 g/mol. The number of aromatic nitrogens is 2. The molecule has 1 heterocycles. The number of aryl methyl sites for hydroxylation is 1. The first-order valence-electron chi connectivity index (χ1n) is 5.84. The molecule has 1 unspecified atom stereocenters. The topological polar surface area (TPSA) is 24.0 Å². The molecular weight excluding hydrogens is 230 g/mol. The van der Waals surface area contributed by atoms with E-state index in [4.69, 9.17) is 12.2 Å². The van der Waals surface area contributed by atoms with Gasteiger partial charge in [0.15, 0.2) is 4.77 Å². The van der Waals surface area contributed by atoms with Crippen LogP contribution in [0.1, 0.15) is 12.5 Å². The van der Waals surface area contributed by atoms with Gasteiger partial charge >= 0.3 is 0 Å². The summed E-state index contributed by atoms with van der Waals surface area (Å²) in [5.41, 5.74) is 3.58. The number of likely N-dealkylation sites (N-methyl/N-ethyl adjacent to an activating group) is 1. The van der Waals surface area contributed by atoms with E-state index in [0.717, 1.165) is 16.8 Å². The van der Waals surface area contributed by atoms with Gasteiger partial charge in [-0.25, -0.2) is 0 Å².